The van der Waals surface area contributed by atoms with Crippen LogP contribution >= 0.6 is 0 Å². The third kappa shape index (κ3) is 3.30. The highest BCUT2D eigenvalue weighted by Gasteiger charge is 2.24. The van der Waals surface area contributed by atoms with E-state index in [4.69, 9.17) is 5.73 Å². The van der Waals surface area contributed by atoms with E-state index in [0.29, 0.717) is 6.04 Å². The van der Waals surface area contributed by atoms with E-state index in [-0.39, 0.29) is 6.04 Å². The molecular weight excluding hydrogens is 232 g/mol. The molecule has 0 aliphatic heterocycles. The molecule has 0 aromatic heterocycles. The van der Waals surface area contributed by atoms with Crippen LogP contribution in [0.2, 0.25) is 0 Å². The molecule has 1 aromatic carbocycles. The molecule has 0 spiro atoms. The maximum absolute atomic E-state index is 6.26. The van der Waals surface area contributed by atoms with E-state index in [2.05, 4.69) is 50.1 Å². The maximum atomic E-state index is 6.26. The Kier molecular flexibility index (Phi) is 4.87. The first kappa shape index (κ1) is 14.4. The smallest absolute Gasteiger partial charge is 0.0414 e. The Labute approximate surface area is 118 Å². The molecule has 0 saturated heterocycles. The van der Waals surface area contributed by atoms with Gasteiger partial charge in [0.2, 0.25) is 0 Å². The number of benzene rings is 1. The van der Waals surface area contributed by atoms with Crippen molar-refractivity contribution in [2.45, 2.75) is 58.0 Å². The van der Waals surface area contributed by atoms with Crippen molar-refractivity contribution in [1.29, 1.82) is 0 Å². The molecule has 0 heterocycles. The van der Waals surface area contributed by atoms with Crippen molar-refractivity contribution < 1.29 is 0 Å². The van der Waals surface area contributed by atoms with Crippen LogP contribution < -0.4 is 10.6 Å². The summed E-state index contributed by atoms with van der Waals surface area (Å²) in [6.07, 6.45) is 6.37. The number of para-hydroxylation sites is 1. The highest BCUT2D eigenvalue weighted by Crippen LogP contribution is 2.33. The van der Waals surface area contributed by atoms with Crippen LogP contribution in [-0.2, 0) is 0 Å². The second kappa shape index (κ2) is 6.42. The summed E-state index contributed by atoms with van der Waals surface area (Å²) in [6, 6.07) is 9.47. The molecule has 0 radical (unpaired) electrons. The highest BCUT2D eigenvalue weighted by atomic mass is 15.1. The normalized spacial score (nSPS) is 25.1. The molecule has 2 heteroatoms. The first-order chi connectivity index (χ1) is 9.13. The Morgan fingerprint density at radius 2 is 2.05 bits per heavy atom. The fourth-order valence-electron chi connectivity index (χ4n) is 3.29. The average molecular weight is 260 g/mol. The van der Waals surface area contributed by atoms with Gasteiger partial charge in [-0.05, 0) is 36.8 Å². The molecule has 106 valence electrons. The monoisotopic (exact) mass is 260 g/mol. The molecule has 2 unspecified atom stereocenters. The molecular formula is C17H28N2. The Balaban J connectivity index is 2.20. The van der Waals surface area contributed by atoms with E-state index in [9.17, 15) is 0 Å². The summed E-state index contributed by atoms with van der Waals surface area (Å²) < 4.78 is 0. The van der Waals surface area contributed by atoms with Crippen LogP contribution in [0, 0.1) is 5.92 Å². The SMILES string of the molecule is CC[C@@H](N)c1ccccc1N(C)C1CCCC(C)C1. The molecule has 0 bridgehead atoms. The summed E-state index contributed by atoms with van der Waals surface area (Å²) in [6.45, 7) is 4.54. The van der Waals surface area contributed by atoms with Gasteiger partial charge < -0.3 is 10.6 Å². The number of nitrogens with zero attached hydrogens (tertiary/aromatic N) is 1. The summed E-state index contributed by atoms with van der Waals surface area (Å²) in [5.41, 5.74) is 8.89. The second-order valence-corrected chi connectivity index (χ2v) is 6.11. The lowest BCUT2D eigenvalue weighted by Crippen LogP contribution is -2.36. The molecule has 2 nitrogen and oxygen atoms in total. The van der Waals surface area contributed by atoms with Gasteiger partial charge in [0.1, 0.15) is 0 Å². The third-order valence-corrected chi connectivity index (χ3v) is 4.61. The summed E-state index contributed by atoms with van der Waals surface area (Å²) in [5.74, 6) is 0.855. The van der Waals surface area contributed by atoms with Crippen LogP contribution in [0.25, 0.3) is 0 Å². The van der Waals surface area contributed by atoms with E-state index in [1.807, 2.05) is 0 Å². The second-order valence-electron chi connectivity index (χ2n) is 6.11. The quantitative estimate of drug-likeness (QED) is 0.882. The topological polar surface area (TPSA) is 29.3 Å². The zero-order chi connectivity index (χ0) is 13.8. The standard InChI is InChI=1S/C17H28N2/c1-4-16(18)15-10-5-6-11-17(15)19(3)14-9-7-8-13(2)12-14/h5-6,10-11,13-14,16H,4,7-9,12,18H2,1-3H3/t13?,14?,16-/m1/s1. The number of hydrogen-bond acceptors (Lipinski definition) is 2. The molecule has 1 fully saturated rings. The molecule has 2 rings (SSSR count). The first-order valence-corrected chi connectivity index (χ1v) is 7.70. The summed E-state index contributed by atoms with van der Waals surface area (Å²) >= 11 is 0. The maximum Gasteiger partial charge on any atom is 0.0414 e. The van der Waals surface area contributed by atoms with Crippen molar-refractivity contribution in [2.75, 3.05) is 11.9 Å². The predicted molar refractivity (Wildman–Crippen MR) is 83.5 cm³/mol. The molecule has 2 N–H and O–H groups in total. The van der Waals surface area contributed by atoms with Gasteiger partial charge in [-0.25, -0.2) is 0 Å². The van der Waals surface area contributed by atoms with Gasteiger partial charge in [-0.15, -0.1) is 0 Å². The van der Waals surface area contributed by atoms with Crippen molar-refractivity contribution in [3.8, 4) is 0 Å². The van der Waals surface area contributed by atoms with Gasteiger partial charge in [0.15, 0.2) is 0 Å². The van der Waals surface area contributed by atoms with Gasteiger partial charge in [-0.2, -0.15) is 0 Å². The van der Waals surface area contributed by atoms with Crippen LogP contribution in [0.15, 0.2) is 24.3 Å². The van der Waals surface area contributed by atoms with E-state index >= 15 is 0 Å². The molecule has 1 aromatic rings. The average Bonchev–Trinajstić information content (AvgIpc) is 2.45. The molecule has 3 atom stereocenters. The lowest BCUT2D eigenvalue weighted by molar-refractivity contribution is 0.336. The number of rotatable bonds is 4. The van der Waals surface area contributed by atoms with Crippen molar-refractivity contribution in [2.24, 2.45) is 11.7 Å². The summed E-state index contributed by atoms with van der Waals surface area (Å²) in [4.78, 5) is 2.47. The highest BCUT2D eigenvalue weighted by molar-refractivity contribution is 5.55. The fourth-order valence-corrected chi connectivity index (χ4v) is 3.29. The Morgan fingerprint density at radius 3 is 2.74 bits per heavy atom. The van der Waals surface area contributed by atoms with Crippen LogP contribution in [0.3, 0.4) is 0 Å². The van der Waals surface area contributed by atoms with Gasteiger partial charge >= 0.3 is 0 Å². The molecule has 1 aliphatic carbocycles. The largest absolute Gasteiger partial charge is 0.371 e. The number of hydrogen-bond donors (Lipinski definition) is 1. The van der Waals surface area contributed by atoms with Crippen molar-refractivity contribution in [1.82, 2.24) is 0 Å². The van der Waals surface area contributed by atoms with Gasteiger partial charge in [0.25, 0.3) is 0 Å². The van der Waals surface area contributed by atoms with Gasteiger partial charge in [0, 0.05) is 24.8 Å². The summed E-state index contributed by atoms with van der Waals surface area (Å²) in [5, 5.41) is 0. The lowest BCUT2D eigenvalue weighted by atomic mass is 9.86. The minimum atomic E-state index is 0.152. The third-order valence-electron chi connectivity index (χ3n) is 4.61. The van der Waals surface area contributed by atoms with Gasteiger partial charge in [-0.3, -0.25) is 0 Å². The number of anilines is 1. The van der Waals surface area contributed by atoms with Crippen molar-refractivity contribution >= 4 is 5.69 Å². The molecule has 19 heavy (non-hydrogen) atoms. The van der Waals surface area contributed by atoms with Gasteiger partial charge in [0.05, 0.1) is 0 Å². The van der Waals surface area contributed by atoms with E-state index in [1.54, 1.807) is 0 Å². The van der Waals surface area contributed by atoms with E-state index in [0.717, 1.165) is 12.3 Å². The van der Waals surface area contributed by atoms with Gasteiger partial charge in [-0.1, -0.05) is 44.9 Å². The zero-order valence-corrected chi connectivity index (χ0v) is 12.6. The minimum absolute atomic E-state index is 0.152. The van der Waals surface area contributed by atoms with Crippen LogP contribution in [0.1, 0.15) is 57.6 Å². The van der Waals surface area contributed by atoms with E-state index < -0.39 is 0 Å². The molecule has 1 saturated carbocycles. The predicted octanol–water partition coefficient (Wildman–Crippen LogP) is 4.11. The van der Waals surface area contributed by atoms with Crippen LogP contribution in [0.5, 0.6) is 0 Å². The Morgan fingerprint density at radius 1 is 1.32 bits per heavy atom. The zero-order valence-electron chi connectivity index (χ0n) is 12.6. The number of nitrogens with two attached hydrogens (primary N) is 1. The Hall–Kier alpha value is -1.02. The summed E-state index contributed by atoms with van der Waals surface area (Å²) in [7, 11) is 2.24. The first-order valence-electron chi connectivity index (χ1n) is 7.70. The molecule has 0 amide bonds. The van der Waals surface area contributed by atoms with Crippen LogP contribution in [0.4, 0.5) is 5.69 Å². The van der Waals surface area contributed by atoms with Crippen molar-refractivity contribution in [3.05, 3.63) is 29.8 Å². The Bertz CT molecular complexity index is 402. The lowest BCUT2D eigenvalue weighted by Gasteiger charge is -2.37. The van der Waals surface area contributed by atoms with Crippen molar-refractivity contribution in [3.63, 3.8) is 0 Å². The van der Waals surface area contributed by atoms with E-state index in [1.165, 1.54) is 36.9 Å². The fraction of sp³-hybridized carbons (Fsp3) is 0.647. The minimum Gasteiger partial charge on any atom is -0.371 e. The van der Waals surface area contributed by atoms with Crippen LogP contribution in [-0.4, -0.2) is 13.1 Å². The molecule has 1 aliphatic rings.